The molecule has 2 amide bonds. The second-order valence-electron chi connectivity index (χ2n) is 7.61. The van der Waals surface area contributed by atoms with Gasteiger partial charge in [0.05, 0.1) is 12.1 Å². The fraction of sp³-hybridized carbons (Fsp3) is 0.765. The molecule has 6 heteroatoms. The van der Waals surface area contributed by atoms with E-state index in [9.17, 15) is 9.59 Å². The standard InChI is InChI=1S/C17H26N2O2S2/c1-10(14(22)16(3)5-6-16)18-12(20)9-13(21)19-11(2)15(23)17(4)7-8-17/h10-11H,5-9H2,1-4H3,(H,18,20)(H,19,21). The molecule has 2 aliphatic rings. The minimum Gasteiger partial charge on any atom is -0.349 e. The zero-order chi connectivity index (χ0) is 17.4. The highest BCUT2D eigenvalue weighted by molar-refractivity contribution is 7.80. The molecule has 0 aromatic rings. The Morgan fingerprint density at radius 2 is 1.17 bits per heavy atom. The van der Waals surface area contributed by atoms with Crippen LogP contribution in [0.1, 0.15) is 59.8 Å². The Balaban J connectivity index is 1.75. The van der Waals surface area contributed by atoms with Gasteiger partial charge >= 0.3 is 0 Å². The van der Waals surface area contributed by atoms with Crippen molar-refractivity contribution in [1.29, 1.82) is 0 Å². The summed E-state index contributed by atoms with van der Waals surface area (Å²) in [5.41, 5.74) is 0.176. The van der Waals surface area contributed by atoms with Crippen LogP contribution in [0, 0.1) is 10.8 Å². The van der Waals surface area contributed by atoms with Gasteiger partial charge in [-0.15, -0.1) is 0 Å². The van der Waals surface area contributed by atoms with Gasteiger partial charge in [0.15, 0.2) is 0 Å². The Hall–Kier alpha value is -0.880. The Bertz CT molecular complexity index is 503. The van der Waals surface area contributed by atoms with Gasteiger partial charge in [0, 0.05) is 20.6 Å². The minimum absolute atomic E-state index is 0.0880. The van der Waals surface area contributed by atoms with Gasteiger partial charge in [-0.05, 0) is 39.5 Å². The third-order valence-electron chi connectivity index (χ3n) is 5.05. The molecule has 2 unspecified atom stereocenters. The SMILES string of the molecule is CC(NC(=O)CC(=O)NC(C)C(=S)C1(C)CC1)C(=S)C1(C)CC1. The van der Waals surface area contributed by atoms with Gasteiger partial charge in [0.1, 0.15) is 6.42 Å². The third-order valence-corrected chi connectivity index (χ3v) is 6.75. The van der Waals surface area contributed by atoms with Gasteiger partial charge < -0.3 is 10.6 Å². The highest BCUT2D eigenvalue weighted by Crippen LogP contribution is 2.47. The summed E-state index contributed by atoms with van der Waals surface area (Å²) in [6.45, 7) is 8.00. The van der Waals surface area contributed by atoms with E-state index in [1.54, 1.807) is 0 Å². The van der Waals surface area contributed by atoms with E-state index in [4.69, 9.17) is 24.4 Å². The van der Waals surface area contributed by atoms with Gasteiger partial charge in [0.25, 0.3) is 0 Å². The summed E-state index contributed by atoms with van der Waals surface area (Å²) in [5.74, 6) is -0.588. The summed E-state index contributed by atoms with van der Waals surface area (Å²) < 4.78 is 0. The van der Waals surface area contributed by atoms with E-state index in [1.165, 1.54) is 0 Å². The van der Waals surface area contributed by atoms with Crippen molar-refractivity contribution in [2.75, 3.05) is 0 Å². The first-order valence-electron chi connectivity index (χ1n) is 8.25. The predicted molar refractivity (Wildman–Crippen MR) is 99.7 cm³/mol. The van der Waals surface area contributed by atoms with Crippen LogP contribution in [0.4, 0.5) is 0 Å². The van der Waals surface area contributed by atoms with Crippen molar-refractivity contribution >= 4 is 46.0 Å². The van der Waals surface area contributed by atoms with Crippen molar-refractivity contribution in [3.63, 3.8) is 0 Å². The first-order chi connectivity index (χ1) is 10.6. The molecule has 0 aromatic carbocycles. The number of nitrogens with one attached hydrogen (secondary N) is 2. The van der Waals surface area contributed by atoms with Crippen molar-refractivity contribution in [1.82, 2.24) is 10.6 Å². The lowest BCUT2D eigenvalue weighted by Crippen LogP contribution is -2.45. The molecule has 2 atom stereocenters. The molecule has 0 radical (unpaired) electrons. The summed E-state index contributed by atoms with van der Waals surface area (Å²) in [7, 11) is 0. The number of rotatable bonds is 8. The average molecular weight is 355 g/mol. The molecule has 0 spiro atoms. The van der Waals surface area contributed by atoms with Crippen LogP contribution in [-0.4, -0.2) is 33.6 Å². The minimum atomic E-state index is -0.294. The first-order valence-corrected chi connectivity index (χ1v) is 9.06. The van der Waals surface area contributed by atoms with Crippen molar-refractivity contribution in [3.8, 4) is 0 Å². The maximum Gasteiger partial charge on any atom is 0.229 e. The lowest BCUT2D eigenvalue weighted by Gasteiger charge is -2.21. The lowest BCUT2D eigenvalue weighted by molar-refractivity contribution is -0.129. The lowest BCUT2D eigenvalue weighted by atomic mass is 9.99. The van der Waals surface area contributed by atoms with Crippen LogP contribution in [-0.2, 0) is 9.59 Å². The summed E-state index contributed by atoms with van der Waals surface area (Å²) in [5, 5.41) is 5.66. The molecular weight excluding hydrogens is 328 g/mol. The second-order valence-corrected chi connectivity index (χ2v) is 8.48. The Morgan fingerprint density at radius 3 is 1.43 bits per heavy atom. The van der Waals surface area contributed by atoms with Crippen molar-refractivity contribution in [2.45, 2.75) is 71.9 Å². The van der Waals surface area contributed by atoms with Crippen molar-refractivity contribution in [2.24, 2.45) is 10.8 Å². The molecule has 4 nitrogen and oxygen atoms in total. The number of hydrogen-bond donors (Lipinski definition) is 2. The topological polar surface area (TPSA) is 58.2 Å². The van der Waals surface area contributed by atoms with E-state index in [2.05, 4.69) is 24.5 Å². The second kappa shape index (κ2) is 6.55. The number of hydrogen-bond acceptors (Lipinski definition) is 4. The molecule has 2 saturated carbocycles. The normalized spacial score (nSPS) is 22.4. The number of carbonyl (C=O) groups is 2. The van der Waals surface area contributed by atoms with E-state index in [0.717, 1.165) is 35.4 Å². The van der Waals surface area contributed by atoms with Crippen LogP contribution in [0.15, 0.2) is 0 Å². The molecule has 0 saturated heterocycles. The fourth-order valence-corrected chi connectivity index (χ4v) is 3.30. The monoisotopic (exact) mass is 354 g/mol. The molecule has 0 bridgehead atoms. The summed E-state index contributed by atoms with van der Waals surface area (Å²) >= 11 is 10.9. The van der Waals surface area contributed by atoms with E-state index in [-0.39, 0.29) is 41.1 Å². The number of carbonyl (C=O) groups excluding carboxylic acids is 2. The molecule has 0 aliphatic heterocycles. The van der Waals surface area contributed by atoms with Crippen LogP contribution < -0.4 is 10.6 Å². The van der Waals surface area contributed by atoms with Crippen LogP contribution >= 0.6 is 24.4 Å². The van der Waals surface area contributed by atoms with E-state index in [0.29, 0.717) is 0 Å². The van der Waals surface area contributed by atoms with Crippen molar-refractivity contribution < 1.29 is 9.59 Å². The van der Waals surface area contributed by atoms with E-state index < -0.39 is 0 Å². The average Bonchev–Trinajstić information content (AvgIpc) is 3.37. The molecule has 2 N–H and O–H groups in total. The molecule has 0 heterocycles. The summed E-state index contributed by atoms with van der Waals surface area (Å²) in [4.78, 5) is 25.8. The molecule has 2 rings (SSSR count). The van der Waals surface area contributed by atoms with Gasteiger partial charge in [-0.1, -0.05) is 38.3 Å². The molecule has 128 valence electrons. The van der Waals surface area contributed by atoms with E-state index >= 15 is 0 Å². The quantitative estimate of drug-likeness (QED) is 0.520. The Kier molecular flexibility index (Phi) is 5.26. The smallest absolute Gasteiger partial charge is 0.229 e. The zero-order valence-corrected chi connectivity index (χ0v) is 16.0. The maximum absolute atomic E-state index is 12.0. The molecule has 23 heavy (non-hydrogen) atoms. The van der Waals surface area contributed by atoms with Crippen LogP contribution in [0.3, 0.4) is 0 Å². The van der Waals surface area contributed by atoms with Crippen LogP contribution in [0.25, 0.3) is 0 Å². The maximum atomic E-state index is 12.0. The van der Waals surface area contributed by atoms with Gasteiger partial charge in [0.2, 0.25) is 11.8 Å². The predicted octanol–water partition coefficient (Wildman–Crippen LogP) is 2.73. The highest BCUT2D eigenvalue weighted by atomic mass is 32.1. The largest absolute Gasteiger partial charge is 0.349 e. The highest BCUT2D eigenvalue weighted by Gasteiger charge is 2.44. The summed E-state index contributed by atoms with van der Waals surface area (Å²) in [6, 6.07) is -0.358. The molecule has 0 aromatic heterocycles. The number of amides is 2. The zero-order valence-electron chi connectivity index (χ0n) is 14.3. The van der Waals surface area contributed by atoms with Crippen LogP contribution in [0.5, 0.6) is 0 Å². The van der Waals surface area contributed by atoms with Crippen LogP contribution in [0.2, 0.25) is 0 Å². The fourth-order valence-electron chi connectivity index (χ4n) is 2.78. The first kappa shape index (κ1) is 18.5. The number of thiocarbonyl (C=S) groups is 2. The van der Waals surface area contributed by atoms with Gasteiger partial charge in [-0.25, -0.2) is 0 Å². The van der Waals surface area contributed by atoms with Gasteiger partial charge in [-0.2, -0.15) is 0 Å². The molecule has 2 aliphatic carbocycles. The third kappa shape index (κ3) is 4.57. The molecular formula is C17H26N2O2S2. The van der Waals surface area contributed by atoms with E-state index in [1.807, 2.05) is 13.8 Å². The molecule has 2 fully saturated rings. The summed E-state index contributed by atoms with van der Waals surface area (Å²) in [6.07, 6.45) is 4.15. The van der Waals surface area contributed by atoms with Gasteiger partial charge in [-0.3, -0.25) is 9.59 Å². The van der Waals surface area contributed by atoms with Crippen molar-refractivity contribution in [3.05, 3.63) is 0 Å². The Labute approximate surface area is 149 Å². The Morgan fingerprint density at radius 1 is 0.870 bits per heavy atom.